The first kappa shape index (κ1) is 11.3. The molecule has 82 valence electrons. The molecule has 0 aromatic heterocycles. The zero-order valence-corrected chi connectivity index (χ0v) is 10.3. The predicted molar refractivity (Wildman–Crippen MR) is 65.9 cm³/mol. The summed E-state index contributed by atoms with van der Waals surface area (Å²) >= 11 is 12.1. The van der Waals surface area contributed by atoms with Crippen molar-refractivity contribution >= 4 is 23.2 Å². The van der Waals surface area contributed by atoms with E-state index in [0.717, 1.165) is 18.1 Å². The Bertz CT molecular complexity index is 359. The summed E-state index contributed by atoms with van der Waals surface area (Å²) in [7, 11) is 0. The molecule has 0 amide bonds. The third-order valence-corrected chi connectivity index (χ3v) is 3.62. The van der Waals surface area contributed by atoms with Crippen LogP contribution in [0, 0.1) is 0 Å². The normalized spacial score (nSPS) is 17.8. The summed E-state index contributed by atoms with van der Waals surface area (Å²) in [6.45, 7) is 4.15. The molecule has 1 aromatic rings. The van der Waals surface area contributed by atoms with Crippen molar-refractivity contribution in [2.45, 2.75) is 25.2 Å². The van der Waals surface area contributed by atoms with Crippen LogP contribution in [0.25, 0.3) is 0 Å². The first-order chi connectivity index (χ1) is 7.18. The van der Waals surface area contributed by atoms with Crippen LogP contribution in [0.15, 0.2) is 18.2 Å². The maximum Gasteiger partial charge on any atom is 0.0458 e. The lowest BCUT2D eigenvalue weighted by Gasteiger charge is -2.17. The average Bonchev–Trinajstić information content (AvgIpc) is 2.96. The minimum absolute atomic E-state index is 0.275. The molecule has 1 aliphatic carbocycles. The molecule has 0 bridgehead atoms. The second kappa shape index (κ2) is 4.32. The van der Waals surface area contributed by atoms with Crippen LogP contribution in [0.4, 0.5) is 0 Å². The van der Waals surface area contributed by atoms with Crippen LogP contribution in [-0.4, -0.2) is 13.1 Å². The van der Waals surface area contributed by atoms with Crippen LogP contribution in [0.2, 0.25) is 10.0 Å². The summed E-state index contributed by atoms with van der Waals surface area (Å²) in [6, 6.07) is 5.83. The van der Waals surface area contributed by atoms with Gasteiger partial charge in [-0.2, -0.15) is 0 Å². The number of rotatable bonds is 4. The van der Waals surface area contributed by atoms with E-state index in [1.165, 1.54) is 18.4 Å². The fourth-order valence-corrected chi connectivity index (χ4v) is 2.59. The van der Waals surface area contributed by atoms with E-state index < -0.39 is 0 Å². The highest BCUT2D eigenvalue weighted by molar-refractivity contribution is 6.35. The Hall–Kier alpha value is -0.240. The largest absolute Gasteiger partial charge is 0.316 e. The second-order valence-corrected chi connectivity index (χ2v) is 5.03. The molecule has 0 radical (unpaired) electrons. The van der Waals surface area contributed by atoms with E-state index in [0.29, 0.717) is 5.02 Å². The van der Waals surface area contributed by atoms with Crippen LogP contribution >= 0.6 is 23.2 Å². The molecule has 2 rings (SSSR count). The van der Waals surface area contributed by atoms with Crippen LogP contribution in [0.5, 0.6) is 0 Å². The number of benzene rings is 1. The van der Waals surface area contributed by atoms with E-state index in [4.69, 9.17) is 23.2 Å². The molecular formula is C12H15Cl2N. The number of halogens is 2. The maximum atomic E-state index is 6.22. The molecule has 0 saturated heterocycles. The van der Waals surface area contributed by atoms with Gasteiger partial charge in [0.25, 0.3) is 0 Å². The standard InChI is InChI=1S/C12H15Cl2N/c1-2-15-8-12(5-6-12)10-4-3-9(13)7-11(10)14/h3-4,7,15H,2,5-6,8H2,1H3. The summed E-state index contributed by atoms with van der Waals surface area (Å²) in [6.07, 6.45) is 2.45. The summed E-state index contributed by atoms with van der Waals surface area (Å²) in [5.74, 6) is 0. The van der Waals surface area contributed by atoms with Crippen molar-refractivity contribution < 1.29 is 0 Å². The van der Waals surface area contributed by atoms with Gasteiger partial charge in [0.2, 0.25) is 0 Å². The predicted octanol–water partition coefficient (Wildman–Crippen LogP) is 3.63. The molecule has 1 saturated carbocycles. The molecule has 0 heterocycles. The summed E-state index contributed by atoms with van der Waals surface area (Å²) in [5.41, 5.74) is 1.52. The van der Waals surface area contributed by atoms with E-state index >= 15 is 0 Å². The number of nitrogens with one attached hydrogen (secondary N) is 1. The molecule has 1 aromatic carbocycles. The highest BCUT2D eigenvalue weighted by Crippen LogP contribution is 2.50. The lowest BCUT2D eigenvalue weighted by Crippen LogP contribution is -2.26. The lowest BCUT2D eigenvalue weighted by atomic mass is 9.96. The molecule has 0 spiro atoms. The fraction of sp³-hybridized carbons (Fsp3) is 0.500. The summed E-state index contributed by atoms with van der Waals surface area (Å²) < 4.78 is 0. The van der Waals surface area contributed by atoms with Crippen molar-refractivity contribution in [3.8, 4) is 0 Å². The second-order valence-electron chi connectivity index (χ2n) is 4.18. The molecule has 1 nitrogen and oxygen atoms in total. The van der Waals surface area contributed by atoms with Crippen molar-refractivity contribution in [2.24, 2.45) is 0 Å². The minimum atomic E-state index is 0.275. The van der Waals surface area contributed by atoms with Gasteiger partial charge in [-0.3, -0.25) is 0 Å². The van der Waals surface area contributed by atoms with Gasteiger partial charge in [-0.05, 0) is 37.1 Å². The Morgan fingerprint density at radius 2 is 2.07 bits per heavy atom. The first-order valence-electron chi connectivity index (χ1n) is 5.34. The Labute approximate surface area is 101 Å². The van der Waals surface area contributed by atoms with Crippen LogP contribution in [0.1, 0.15) is 25.3 Å². The van der Waals surface area contributed by atoms with Crippen molar-refractivity contribution in [3.05, 3.63) is 33.8 Å². The third-order valence-electron chi connectivity index (χ3n) is 3.07. The molecule has 1 aliphatic rings. The van der Waals surface area contributed by atoms with Gasteiger partial charge in [-0.25, -0.2) is 0 Å². The van der Waals surface area contributed by atoms with Crippen molar-refractivity contribution in [1.29, 1.82) is 0 Å². The Morgan fingerprint density at radius 3 is 2.60 bits per heavy atom. The van der Waals surface area contributed by atoms with Gasteiger partial charge in [-0.15, -0.1) is 0 Å². The molecule has 0 unspecified atom stereocenters. The zero-order chi connectivity index (χ0) is 10.9. The van der Waals surface area contributed by atoms with Crippen molar-refractivity contribution in [2.75, 3.05) is 13.1 Å². The summed E-state index contributed by atoms with van der Waals surface area (Å²) in [5, 5.41) is 4.91. The minimum Gasteiger partial charge on any atom is -0.316 e. The Balaban J connectivity index is 2.21. The molecule has 3 heteroatoms. The Kier molecular flexibility index (Phi) is 3.24. The van der Waals surface area contributed by atoms with Gasteiger partial charge in [0.1, 0.15) is 0 Å². The Morgan fingerprint density at radius 1 is 1.33 bits per heavy atom. The zero-order valence-electron chi connectivity index (χ0n) is 8.82. The van der Waals surface area contributed by atoms with E-state index in [1.807, 2.05) is 12.1 Å². The average molecular weight is 244 g/mol. The van der Waals surface area contributed by atoms with Gasteiger partial charge in [-0.1, -0.05) is 36.2 Å². The molecular weight excluding hydrogens is 229 g/mol. The number of hydrogen-bond donors (Lipinski definition) is 1. The van der Waals surface area contributed by atoms with Gasteiger partial charge in [0.05, 0.1) is 0 Å². The quantitative estimate of drug-likeness (QED) is 0.852. The monoisotopic (exact) mass is 243 g/mol. The molecule has 0 aliphatic heterocycles. The van der Waals surface area contributed by atoms with E-state index in [2.05, 4.69) is 18.3 Å². The lowest BCUT2D eigenvalue weighted by molar-refractivity contribution is 0.591. The van der Waals surface area contributed by atoms with Gasteiger partial charge in [0, 0.05) is 22.0 Å². The van der Waals surface area contributed by atoms with Gasteiger partial charge >= 0.3 is 0 Å². The number of likely N-dealkylation sites (N-methyl/N-ethyl adjacent to an activating group) is 1. The molecule has 1 fully saturated rings. The summed E-state index contributed by atoms with van der Waals surface area (Å²) in [4.78, 5) is 0. The SMILES string of the molecule is CCNCC1(c2ccc(Cl)cc2Cl)CC1. The maximum absolute atomic E-state index is 6.22. The smallest absolute Gasteiger partial charge is 0.0458 e. The highest BCUT2D eigenvalue weighted by Gasteiger charge is 2.44. The van der Waals surface area contributed by atoms with Gasteiger partial charge in [0.15, 0.2) is 0 Å². The number of hydrogen-bond acceptors (Lipinski definition) is 1. The van der Waals surface area contributed by atoms with Crippen LogP contribution in [-0.2, 0) is 5.41 Å². The molecule has 15 heavy (non-hydrogen) atoms. The highest BCUT2D eigenvalue weighted by atomic mass is 35.5. The van der Waals surface area contributed by atoms with E-state index in [9.17, 15) is 0 Å². The van der Waals surface area contributed by atoms with Crippen molar-refractivity contribution in [1.82, 2.24) is 5.32 Å². The van der Waals surface area contributed by atoms with Crippen LogP contribution in [0.3, 0.4) is 0 Å². The molecule has 0 atom stereocenters. The van der Waals surface area contributed by atoms with E-state index in [-0.39, 0.29) is 5.41 Å². The third kappa shape index (κ3) is 2.30. The van der Waals surface area contributed by atoms with Gasteiger partial charge < -0.3 is 5.32 Å². The first-order valence-corrected chi connectivity index (χ1v) is 6.10. The topological polar surface area (TPSA) is 12.0 Å². The molecule has 1 N–H and O–H groups in total. The van der Waals surface area contributed by atoms with E-state index in [1.54, 1.807) is 0 Å². The van der Waals surface area contributed by atoms with Crippen LogP contribution < -0.4 is 5.32 Å². The fourth-order valence-electron chi connectivity index (χ4n) is 1.98. The van der Waals surface area contributed by atoms with Crippen molar-refractivity contribution in [3.63, 3.8) is 0 Å².